The molecule has 24 heavy (non-hydrogen) atoms. The number of aliphatic carboxylic acids is 1. The Labute approximate surface area is 138 Å². The minimum Gasteiger partial charge on any atom is -0.480 e. The molecule has 8 nitrogen and oxygen atoms in total. The van der Waals surface area contributed by atoms with E-state index in [1.54, 1.807) is 25.1 Å². The van der Waals surface area contributed by atoms with Crippen LogP contribution in [0.3, 0.4) is 0 Å². The van der Waals surface area contributed by atoms with E-state index in [2.05, 4.69) is 5.32 Å². The molecule has 3 atom stereocenters. The third-order valence-corrected chi connectivity index (χ3v) is 4.31. The molecule has 0 bridgehead atoms. The number of methoxy groups -OCH3 is 1. The zero-order valence-electron chi connectivity index (χ0n) is 13.3. The summed E-state index contributed by atoms with van der Waals surface area (Å²) in [5, 5.41) is 12.0. The number of ether oxygens (including phenoxy) is 2. The van der Waals surface area contributed by atoms with E-state index in [0.29, 0.717) is 5.69 Å². The van der Waals surface area contributed by atoms with Crippen molar-refractivity contribution in [2.24, 2.45) is 0 Å². The van der Waals surface area contributed by atoms with Gasteiger partial charge in [-0.05, 0) is 19.1 Å². The minimum absolute atomic E-state index is 0.192. The number of nitrogens with one attached hydrogen (secondary N) is 1. The Hall–Kier alpha value is -2.61. The minimum atomic E-state index is -1.07. The van der Waals surface area contributed by atoms with Crippen LogP contribution in [0.2, 0.25) is 0 Å². The molecule has 0 radical (unpaired) electrons. The van der Waals surface area contributed by atoms with Crippen molar-refractivity contribution in [1.29, 1.82) is 0 Å². The van der Waals surface area contributed by atoms with E-state index in [4.69, 9.17) is 9.47 Å². The molecule has 0 aliphatic carbocycles. The number of likely N-dealkylation sites (tertiary alicyclic amines) is 1. The van der Waals surface area contributed by atoms with Gasteiger partial charge in [-0.2, -0.15) is 0 Å². The van der Waals surface area contributed by atoms with Crippen molar-refractivity contribution in [1.82, 2.24) is 4.90 Å². The second-order valence-corrected chi connectivity index (χ2v) is 5.84. The summed E-state index contributed by atoms with van der Waals surface area (Å²) in [7, 11) is 1.49. The van der Waals surface area contributed by atoms with Crippen molar-refractivity contribution < 1.29 is 29.0 Å². The summed E-state index contributed by atoms with van der Waals surface area (Å²) in [4.78, 5) is 37.3. The molecule has 2 N–H and O–H groups in total. The number of anilines is 1. The van der Waals surface area contributed by atoms with Gasteiger partial charge in [-0.15, -0.1) is 0 Å². The molecular formula is C16H18N2O6. The molecule has 2 aliphatic rings. The molecule has 1 fully saturated rings. The Balaban J connectivity index is 1.95. The van der Waals surface area contributed by atoms with Gasteiger partial charge in [-0.1, -0.05) is 6.07 Å². The molecule has 0 aromatic heterocycles. The molecule has 2 heterocycles. The Morgan fingerprint density at radius 1 is 1.42 bits per heavy atom. The number of para-hydroxylation sites is 1. The first-order valence-electron chi connectivity index (χ1n) is 7.59. The topological polar surface area (TPSA) is 105 Å². The maximum Gasteiger partial charge on any atom is 0.326 e. The van der Waals surface area contributed by atoms with Crippen LogP contribution in [0.25, 0.3) is 0 Å². The van der Waals surface area contributed by atoms with Crippen molar-refractivity contribution >= 4 is 23.5 Å². The first-order chi connectivity index (χ1) is 11.4. The molecule has 1 saturated heterocycles. The molecule has 3 unspecified atom stereocenters. The highest BCUT2D eigenvalue weighted by atomic mass is 16.5. The van der Waals surface area contributed by atoms with Gasteiger partial charge in [0.05, 0.1) is 17.4 Å². The van der Waals surface area contributed by atoms with Gasteiger partial charge in [0.2, 0.25) is 0 Å². The van der Waals surface area contributed by atoms with Gasteiger partial charge >= 0.3 is 5.97 Å². The van der Waals surface area contributed by atoms with E-state index in [1.165, 1.54) is 12.0 Å². The highest BCUT2D eigenvalue weighted by Crippen LogP contribution is 2.35. The predicted molar refractivity (Wildman–Crippen MR) is 83.0 cm³/mol. The number of carbonyl (C=O) groups is 3. The van der Waals surface area contributed by atoms with Crippen LogP contribution >= 0.6 is 0 Å². The van der Waals surface area contributed by atoms with E-state index < -0.39 is 24.0 Å². The van der Waals surface area contributed by atoms with Crippen LogP contribution in [0, 0.1) is 0 Å². The second-order valence-electron chi connectivity index (χ2n) is 5.84. The fourth-order valence-electron chi connectivity index (χ4n) is 2.98. The van der Waals surface area contributed by atoms with Crippen molar-refractivity contribution in [3.63, 3.8) is 0 Å². The molecule has 8 heteroatoms. The van der Waals surface area contributed by atoms with Crippen LogP contribution in [-0.2, 0) is 14.3 Å². The fourth-order valence-corrected chi connectivity index (χ4v) is 2.98. The maximum atomic E-state index is 12.9. The van der Waals surface area contributed by atoms with Gasteiger partial charge in [0.1, 0.15) is 6.04 Å². The molecule has 1 aromatic rings. The van der Waals surface area contributed by atoms with Gasteiger partial charge in [0.25, 0.3) is 11.8 Å². The number of rotatable bonds is 3. The lowest BCUT2D eigenvalue weighted by Gasteiger charge is -2.27. The largest absolute Gasteiger partial charge is 0.480 e. The molecule has 0 spiro atoms. The van der Waals surface area contributed by atoms with Gasteiger partial charge in [-0.25, -0.2) is 4.79 Å². The molecule has 128 valence electrons. The maximum absolute atomic E-state index is 12.9. The van der Waals surface area contributed by atoms with Crippen LogP contribution in [0.15, 0.2) is 18.2 Å². The number of fused-ring (bicyclic) bond motifs is 1. The summed E-state index contributed by atoms with van der Waals surface area (Å²) in [5.74, 6) is -1.56. The molecule has 2 amide bonds. The molecule has 3 rings (SSSR count). The predicted octanol–water partition coefficient (Wildman–Crippen LogP) is 0.720. The van der Waals surface area contributed by atoms with Gasteiger partial charge in [0, 0.05) is 20.1 Å². The van der Waals surface area contributed by atoms with E-state index in [-0.39, 0.29) is 36.3 Å². The number of carboxylic acid groups (broad SMARTS) is 1. The first-order valence-corrected chi connectivity index (χ1v) is 7.59. The van der Waals surface area contributed by atoms with Crippen molar-refractivity contribution in [3.8, 4) is 5.75 Å². The average molecular weight is 334 g/mol. The van der Waals surface area contributed by atoms with Gasteiger partial charge < -0.3 is 24.8 Å². The molecule has 1 aromatic carbocycles. The number of carboxylic acids is 1. The summed E-state index contributed by atoms with van der Waals surface area (Å²) in [5.41, 5.74) is 0.626. The van der Waals surface area contributed by atoms with E-state index in [0.717, 1.165) is 0 Å². The molecule has 0 saturated carbocycles. The summed E-state index contributed by atoms with van der Waals surface area (Å²) < 4.78 is 10.8. The zero-order chi connectivity index (χ0) is 17.4. The van der Waals surface area contributed by atoms with Crippen LogP contribution in [0.5, 0.6) is 5.75 Å². The lowest BCUT2D eigenvalue weighted by molar-refractivity contribution is -0.141. The molecule has 2 aliphatic heterocycles. The summed E-state index contributed by atoms with van der Waals surface area (Å²) in [6, 6.07) is 3.86. The monoisotopic (exact) mass is 334 g/mol. The van der Waals surface area contributed by atoms with Crippen LogP contribution < -0.4 is 10.1 Å². The highest BCUT2D eigenvalue weighted by molar-refractivity contribution is 6.05. The van der Waals surface area contributed by atoms with Crippen molar-refractivity contribution in [2.75, 3.05) is 19.0 Å². The number of amides is 2. The Morgan fingerprint density at radius 3 is 2.83 bits per heavy atom. The normalized spacial score (nSPS) is 25.7. The van der Waals surface area contributed by atoms with Crippen LogP contribution in [0.1, 0.15) is 23.7 Å². The lowest BCUT2D eigenvalue weighted by atomic mass is 10.1. The van der Waals surface area contributed by atoms with Crippen LogP contribution in [-0.4, -0.2) is 59.7 Å². The fraction of sp³-hybridized carbons (Fsp3) is 0.438. The number of hydrogen-bond donors (Lipinski definition) is 2. The average Bonchev–Trinajstić information content (AvgIpc) is 2.99. The van der Waals surface area contributed by atoms with E-state index in [9.17, 15) is 19.5 Å². The second kappa shape index (κ2) is 6.12. The molecular weight excluding hydrogens is 316 g/mol. The first kappa shape index (κ1) is 16.3. The summed E-state index contributed by atoms with van der Waals surface area (Å²) in [6.45, 7) is 1.77. The number of hydrogen-bond acceptors (Lipinski definition) is 5. The Bertz CT molecular complexity index is 704. The SMILES string of the molecule is COC1CC(C(=O)O)N(C(=O)c2cccc3c2OC(C)C(=O)N3)C1. The quantitative estimate of drug-likeness (QED) is 0.844. The number of nitrogens with zero attached hydrogens (tertiary/aromatic N) is 1. The third kappa shape index (κ3) is 2.69. The van der Waals surface area contributed by atoms with Gasteiger partial charge in [0.15, 0.2) is 11.9 Å². The lowest BCUT2D eigenvalue weighted by Crippen LogP contribution is -2.41. The van der Waals surface area contributed by atoms with E-state index in [1.807, 2.05) is 0 Å². The Kier molecular flexibility index (Phi) is 4.15. The summed E-state index contributed by atoms with van der Waals surface area (Å²) in [6.07, 6.45) is -0.818. The van der Waals surface area contributed by atoms with Crippen molar-refractivity contribution in [3.05, 3.63) is 23.8 Å². The summed E-state index contributed by atoms with van der Waals surface area (Å²) >= 11 is 0. The number of benzene rings is 1. The zero-order valence-corrected chi connectivity index (χ0v) is 13.3. The van der Waals surface area contributed by atoms with Crippen molar-refractivity contribution in [2.45, 2.75) is 31.6 Å². The third-order valence-electron chi connectivity index (χ3n) is 4.31. The highest BCUT2D eigenvalue weighted by Gasteiger charge is 2.41. The Morgan fingerprint density at radius 2 is 2.17 bits per heavy atom. The van der Waals surface area contributed by atoms with E-state index >= 15 is 0 Å². The smallest absolute Gasteiger partial charge is 0.326 e. The van der Waals surface area contributed by atoms with Crippen LogP contribution in [0.4, 0.5) is 5.69 Å². The number of carbonyl (C=O) groups excluding carboxylic acids is 2. The standard InChI is InChI=1S/C16H18N2O6/c1-8-14(19)17-11-5-3-4-10(13(11)24-8)15(20)18-7-9(23-2)6-12(18)16(21)22/h3-5,8-9,12H,6-7H2,1-2H3,(H,17,19)(H,21,22). The van der Waals surface area contributed by atoms with Gasteiger partial charge in [-0.3, -0.25) is 9.59 Å².